The minimum absolute atomic E-state index is 0.0628. The largest absolute Gasteiger partial charge is 0.383 e. The molecular weight excluding hydrogens is 216 g/mol. The second kappa shape index (κ2) is 7.67. The molecule has 0 aromatic heterocycles. The van der Waals surface area contributed by atoms with E-state index in [1.54, 1.807) is 7.11 Å². The van der Waals surface area contributed by atoms with E-state index in [1.165, 1.54) is 19.3 Å². The number of nitrogens with one attached hydrogen (secondary N) is 2. The van der Waals surface area contributed by atoms with Crippen LogP contribution in [-0.4, -0.2) is 38.8 Å². The van der Waals surface area contributed by atoms with Gasteiger partial charge >= 0.3 is 0 Å². The maximum atomic E-state index is 11.5. The first kappa shape index (κ1) is 14.5. The van der Waals surface area contributed by atoms with Gasteiger partial charge in [-0.3, -0.25) is 4.79 Å². The average Bonchev–Trinajstić information content (AvgIpc) is 2.28. The Morgan fingerprint density at radius 1 is 1.35 bits per heavy atom. The van der Waals surface area contributed by atoms with Crippen LogP contribution in [0.2, 0.25) is 0 Å². The van der Waals surface area contributed by atoms with Crippen molar-refractivity contribution in [2.24, 2.45) is 11.8 Å². The number of carbonyl (C=O) groups is 1. The van der Waals surface area contributed by atoms with Crippen LogP contribution in [0.25, 0.3) is 0 Å². The first-order chi connectivity index (χ1) is 8.13. The van der Waals surface area contributed by atoms with Crippen molar-refractivity contribution >= 4 is 5.91 Å². The van der Waals surface area contributed by atoms with Gasteiger partial charge in [0.25, 0.3) is 0 Å². The van der Waals surface area contributed by atoms with Crippen molar-refractivity contribution in [2.45, 2.75) is 39.2 Å². The number of ether oxygens (including phenoxy) is 1. The zero-order chi connectivity index (χ0) is 12.7. The molecule has 1 rings (SSSR count). The minimum atomic E-state index is 0.0628. The predicted molar refractivity (Wildman–Crippen MR) is 68.9 cm³/mol. The van der Waals surface area contributed by atoms with Crippen LogP contribution >= 0.6 is 0 Å². The fraction of sp³-hybridized carbons (Fsp3) is 0.923. The third kappa shape index (κ3) is 5.50. The molecule has 1 fully saturated rings. The van der Waals surface area contributed by atoms with Crippen molar-refractivity contribution in [1.29, 1.82) is 0 Å². The Hall–Kier alpha value is -0.610. The van der Waals surface area contributed by atoms with Crippen molar-refractivity contribution in [1.82, 2.24) is 10.6 Å². The molecule has 2 N–H and O–H groups in total. The van der Waals surface area contributed by atoms with Gasteiger partial charge in [-0.05, 0) is 31.1 Å². The molecule has 0 bridgehead atoms. The second-order valence-electron chi connectivity index (χ2n) is 5.23. The van der Waals surface area contributed by atoms with E-state index in [0.717, 1.165) is 5.92 Å². The number of hydrogen-bond donors (Lipinski definition) is 2. The molecule has 1 aliphatic rings. The summed E-state index contributed by atoms with van der Waals surface area (Å²) in [5, 5.41) is 6.19. The maximum Gasteiger partial charge on any atom is 0.234 e. The van der Waals surface area contributed by atoms with Gasteiger partial charge in [-0.25, -0.2) is 0 Å². The number of methoxy groups -OCH3 is 1. The molecule has 4 nitrogen and oxygen atoms in total. The molecule has 0 aliphatic heterocycles. The molecule has 1 saturated carbocycles. The van der Waals surface area contributed by atoms with Crippen molar-refractivity contribution in [3.63, 3.8) is 0 Å². The number of carbonyl (C=O) groups excluding carboxylic acids is 1. The molecule has 1 amide bonds. The third-order valence-corrected chi connectivity index (χ3v) is 3.58. The van der Waals surface area contributed by atoms with Crippen molar-refractivity contribution in [3.05, 3.63) is 0 Å². The highest BCUT2D eigenvalue weighted by Crippen LogP contribution is 2.28. The van der Waals surface area contributed by atoms with Crippen molar-refractivity contribution < 1.29 is 9.53 Å². The van der Waals surface area contributed by atoms with Crippen LogP contribution in [0, 0.1) is 11.8 Å². The highest BCUT2D eigenvalue weighted by Gasteiger charge is 2.25. The molecule has 0 spiro atoms. The molecule has 17 heavy (non-hydrogen) atoms. The van der Waals surface area contributed by atoms with Gasteiger partial charge < -0.3 is 15.4 Å². The van der Waals surface area contributed by atoms with Crippen molar-refractivity contribution in [3.8, 4) is 0 Å². The molecule has 0 radical (unpaired) electrons. The van der Waals surface area contributed by atoms with E-state index >= 15 is 0 Å². The summed E-state index contributed by atoms with van der Waals surface area (Å²) in [5.41, 5.74) is 0. The topological polar surface area (TPSA) is 50.4 Å². The van der Waals surface area contributed by atoms with Gasteiger partial charge in [0.05, 0.1) is 13.2 Å². The summed E-state index contributed by atoms with van der Waals surface area (Å²) in [7, 11) is 1.63. The van der Waals surface area contributed by atoms with E-state index in [1.807, 2.05) is 0 Å². The van der Waals surface area contributed by atoms with Gasteiger partial charge in [-0.15, -0.1) is 0 Å². The van der Waals surface area contributed by atoms with Crippen LogP contribution in [0.3, 0.4) is 0 Å². The fourth-order valence-electron chi connectivity index (χ4n) is 2.55. The van der Waals surface area contributed by atoms with Crippen LogP contribution in [-0.2, 0) is 9.53 Å². The number of amides is 1. The van der Waals surface area contributed by atoms with E-state index < -0.39 is 0 Å². The standard InChI is InChI=1S/C13H26N2O2/c1-10-4-5-12(11(2)8-10)15-9-13(16)14-6-7-17-3/h10-12,15H,4-9H2,1-3H3,(H,14,16). The molecule has 0 aromatic carbocycles. The second-order valence-corrected chi connectivity index (χ2v) is 5.23. The lowest BCUT2D eigenvalue weighted by atomic mass is 9.80. The van der Waals surface area contributed by atoms with Gasteiger partial charge in [0, 0.05) is 19.7 Å². The molecule has 3 unspecified atom stereocenters. The predicted octanol–water partition coefficient (Wildman–Crippen LogP) is 1.16. The Labute approximate surface area is 104 Å². The van der Waals surface area contributed by atoms with Crippen LogP contribution in [0.5, 0.6) is 0 Å². The summed E-state index contributed by atoms with van der Waals surface area (Å²) in [6.45, 7) is 6.17. The van der Waals surface area contributed by atoms with E-state index in [-0.39, 0.29) is 5.91 Å². The number of hydrogen-bond acceptors (Lipinski definition) is 3. The highest BCUT2D eigenvalue weighted by molar-refractivity contribution is 5.77. The maximum absolute atomic E-state index is 11.5. The van der Waals surface area contributed by atoms with E-state index in [9.17, 15) is 4.79 Å². The Bertz CT molecular complexity index is 233. The molecule has 0 heterocycles. The molecular formula is C13H26N2O2. The molecule has 100 valence electrons. The molecule has 0 saturated heterocycles. The van der Waals surface area contributed by atoms with E-state index in [4.69, 9.17) is 4.74 Å². The molecule has 4 heteroatoms. The zero-order valence-corrected chi connectivity index (χ0v) is 11.3. The van der Waals surface area contributed by atoms with Crippen LogP contribution < -0.4 is 10.6 Å². The Balaban J connectivity index is 2.14. The molecule has 1 aliphatic carbocycles. The summed E-state index contributed by atoms with van der Waals surface area (Å²) in [6, 6.07) is 0.499. The summed E-state index contributed by atoms with van der Waals surface area (Å²) < 4.78 is 4.88. The quantitative estimate of drug-likeness (QED) is 0.687. The first-order valence-corrected chi connectivity index (χ1v) is 6.62. The average molecular weight is 242 g/mol. The SMILES string of the molecule is COCCNC(=O)CNC1CCC(C)CC1C. The molecule has 3 atom stereocenters. The minimum Gasteiger partial charge on any atom is -0.383 e. The lowest BCUT2D eigenvalue weighted by Crippen LogP contribution is -2.44. The summed E-state index contributed by atoms with van der Waals surface area (Å²) in [4.78, 5) is 11.5. The summed E-state index contributed by atoms with van der Waals surface area (Å²) in [5.74, 6) is 1.57. The van der Waals surface area contributed by atoms with Gasteiger partial charge in [0.2, 0.25) is 5.91 Å². The van der Waals surface area contributed by atoms with Gasteiger partial charge in [-0.2, -0.15) is 0 Å². The highest BCUT2D eigenvalue weighted by atomic mass is 16.5. The Morgan fingerprint density at radius 3 is 2.76 bits per heavy atom. The summed E-state index contributed by atoms with van der Waals surface area (Å²) in [6.07, 6.45) is 3.73. The van der Waals surface area contributed by atoms with Gasteiger partial charge in [0.15, 0.2) is 0 Å². The van der Waals surface area contributed by atoms with Crippen LogP contribution in [0.1, 0.15) is 33.1 Å². The van der Waals surface area contributed by atoms with Crippen molar-refractivity contribution in [2.75, 3.05) is 26.8 Å². The Morgan fingerprint density at radius 2 is 2.12 bits per heavy atom. The number of rotatable bonds is 6. The summed E-state index contributed by atoms with van der Waals surface area (Å²) >= 11 is 0. The lowest BCUT2D eigenvalue weighted by Gasteiger charge is -2.33. The monoisotopic (exact) mass is 242 g/mol. The lowest BCUT2D eigenvalue weighted by molar-refractivity contribution is -0.120. The van der Waals surface area contributed by atoms with Gasteiger partial charge in [0.1, 0.15) is 0 Å². The van der Waals surface area contributed by atoms with E-state index in [0.29, 0.717) is 31.7 Å². The zero-order valence-electron chi connectivity index (χ0n) is 11.3. The Kier molecular flexibility index (Phi) is 6.52. The van der Waals surface area contributed by atoms with Gasteiger partial charge in [-0.1, -0.05) is 13.8 Å². The van der Waals surface area contributed by atoms with E-state index in [2.05, 4.69) is 24.5 Å². The smallest absolute Gasteiger partial charge is 0.234 e. The molecule has 0 aromatic rings. The van der Waals surface area contributed by atoms with Crippen LogP contribution in [0.15, 0.2) is 0 Å². The third-order valence-electron chi connectivity index (χ3n) is 3.58. The fourth-order valence-corrected chi connectivity index (χ4v) is 2.55. The first-order valence-electron chi connectivity index (χ1n) is 6.62. The van der Waals surface area contributed by atoms with Crippen LogP contribution in [0.4, 0.5) is 0 Å². The normalized spacial score (nSPS) is 29.0.